The molecule has 0 aromatic carbocycles. The summed E-state index contributed by atoms with van der Waals surface area (Å²) in [6.45, 7) is 3.99. The number of carbonyl (C=O) groups excluding carboxylic acids is 1. The quantitative estimate of drug-likeness (QED) is 0.681. The summed E-state index contributed by atoms with van der Waals surface area (Å²) in [7, 11) is 0. The van der Waals surface area contributed by atoms with E-state index in [9.17, 15) is 4.79 Å². The lowest BCUT2D eigenvalue weighted by Crippen LogP contribution is -2.54. The summed E-state index contributed by atoms with van der Waals surface area (Å²) >= 11 is 0. The monoisotopic (exact) mass is 211 g/mol. The number of fused-ring (bicyclic) bond motifs is 2. The lowest BCUT2D eigenvalue weighted by Gasteiger charge is -2.38. The fraction of sp³-hybridized carbons (Fsp3) is 0.909. The number of nitrogens with one attached hydrogen (secondary N) is 1. The Bertz CT molecular complexity index is 240. The first kappa shape index (κ1) is 10.7. The van der Waals surface area contributed by atoms with Gasteiger partial charge in [0.2, 0.25) is 0 Å². The molecule has 2 rings (SSSR count). The molecule has 4 heteroatoms. The van der Waals surface area contributed by atoms with Gasteiger partial charge in [0.05, 0.1) is 0 Å². The first-order chi connectivity index (χ1) is 7.08. The molecule has 2 heterocycles. The molecule has 86 valence electrons. The first-order valence-corrected chi connectivity index (χ1v) is 5.92. The zero-order valence-electron chi connectivity index (χ0n) is 9.57. The van der Waals surface area contributed by atoms with Crippen LogP contribution in [0.1, 0.15) is 39.5 Å². The smallest absolute Gasteiger partial charge is 0.318 e. The molecule has 2 fully saturated rings. The van der Waals surface area contributed by atoms with Gasteiger partial charge in [-0.05, 0) is 39.5 Å². The van der Waals surface area contributed by atoms with Gasteiger partial charge in [-0.25, -0.2) is 4.79 Å². The van der Waals surface area contributed by atoms with Crippen molar-refractivity contribution in [3.8, 4) is 0 Å². The molecule has 0 aromatic rings. The number of rotatable bonds is 1. The van der Waals surface area contributed by atoms with E-state index in [1.807, 2.05) is 18.7 Å². The maximum Gasteiger partial charge on any atom is 0.318 e. The second kappa shape index (κ2) is 4.00. The number of nitrogens with two attached hydrogens (primary N) is 1. The average molecular weight is 211 g/mol. The Morgan fingerprint density at radius 2 is 1.87 bits per heavy atom. The van der Waals surface area contributed by atoms with Crippen LogP contribution in [0.4, 0.5) is 4.79 Å². The van der Waals surface area contributed by atoms with E-state index in [1.54, 1.807) is 0 Å². The second-order valence-electron chi connectivity index (χ2n) is 5.13. The molecule has 0 aliphatic carbocycles. The highest BCUT2D eigenvalue weighted by Gasteiger charge is 2.42. The number of hydrogen-bond donors (Lipinski definition) is 2. The van der Waals surface area contributed by atoms with Gasteiger partial charge in [-0.3, -0.25) is 0 Å². The standard InChI is InChI=1S/C11H21N3O/c1-7(2)13-11(15)14-9-3-4-10(14)6-8(12)5-9/h7-10H,3-6,12H2,1-2H3,(H,13,15). The third-order valence-electron chi connectivity index (χ3n) is 3.42. The van der Waals surface area contributed by atoms with Gasteiger partial charge in [-0.2, -0.15) is 0 Å². The number of hydrogen-bond acceptors (Lipinski definition) is 2. The normalized spacial score (nSPS) is 34.7. The van der Waals surface area contributed by atoms with Crippen LogP contribution in [0, 0.1) is 0 Å². The molecule has 2 unspecified atom stereocenters. The van der Waals surface area contributed by atoms with Gasteiger partial charge in [-0.15, -0.1) is 0 Å². The second-order valence-corrected chi connectivity index (χ2v) is 5.13. The van der Waals surface area contributed by atoms with Crippen molar-refractivity contribution in [1.29, 1.82) is 0 Å². The maximum absolute atomic E-state index is 12.0. The van der Waals surface area contributed by atoms with Gasteiger partial charge in [0, 0.05) is 24.2 Å². The molecule has 2 bridgehead atoms. The Kier molecular flexibility index (Phi) is 2.87. The van der Waals surface area contributed by atoms with Gasteiger partial charge in [0.1, 0.15) is 0 Å². The van der Waals surface area contributed by atoms with Crippen LogP contribution in [0.15, 0.2) is 0 Å². The lowest BCUT2D eigenvalue weighted by molar-refractivity contribution is 0.137. The predicted octanol–water partition coefficient (Wildman–Crippen LogP) is 1.06. The van der Waals surface area contributed by atoms with Crippen molar-refractivity contribution in [2.45, 2.75) is 63.7 Å². The Hall–Kier alpha value is -0.770. The molecule has 2 saturated heterocycles. The lowest BCUT2D eigenvalue weighted by atomic mass is 9.99. The minimum absolute atomic E-state index is 0.101. The molecule has 2 aliphatic rings. The maximum atomic E-state index is 12.0. The van der Waals surface area contributed by atoms with Crippen LogP contribution in [0.5, 0.6) is 0 Å². The highest BCUT2D eigenvalue weighted by Crippen LogP contribution is 2.34. The number of amides is 2. The van der Waals surface area contributed by atoms with Crippen LogP contribution in [0.2, 0.25) is 0 Å². The van der Waals surface area contributed by atoms with Gasteiger partial charge < -0.3 is 16.0 Å². The summed E-state index contributed by atoms with van der Waals surface area (Å²) in [5.74, 6) is 0. The van der Waals surface area contributed by atoms with Crippen LogP contribution < -0.4 is 11.1 Å². The van der Waals surface area contributed by atoms with Crippen molar-refractivity contribution >= 4 is 6.03 Å². The molecule has 0 spiro atoms. The number of nitrogens with zero attached hydrogens (tertiary/aromatic N) is 1. The van der Waals surface area contributed by atoms with Crippen LogP contribution in [-0.2, 0) is 0 Å². The van der Waals surface area contributed by atoms with Crippen molar-refractivity contribution in [3.63, 3.8) is 0 Å². The molecular weight excluding hydrogens is 190 g/mol. The largest absolute Gasteiger partial charge is 0.336 e. The highest BCUT2D eigenvalue weighted by molar-refractivity contribution is 5.75. The van der Waals surface area contributed by atoms with Crippen LogP contribution >= 0.6 is 0 Å². The first-order valence-electron chi connectivity index (χ1n) is 5.92. The third kappa shape index (κ3) is 2.09. The van der Waals surface area contributed by atoms with Crippen LogP contribution in [0.25, 0.3) is 0 Å². The zero-order valence-corrected chi connectivity index (χ0v) is 9.57. The molecule has 2 aliphatic heterocycles. The molecule has 15 heavy (non-hydrogen) atoms. The molecule has 4 nitrogen and oxygen atoms in total. The van der Waals surface area contributed by atoms with E-state index in [2.05, 4.69) is 5.32 Å². The van der Waals surface area contributed by atoms with Crippen molar-refractivity contribution in [3.05, 3.63) is 0 Å². The van der Waals surface area contributed by atoms with E-state index in [1.165, 1.54) is 0 Å². The number of piperidine rings is 1. The minimum Gasteiger partial charge on any atom is -0.336 e. The summed E-state index contributed by atoms with van der Waals surface area (Å²) in [5.41, 5.74) is 5.96. The van der Waals surface area contributed by atoms with Crippen LogP contribution in [0.3, 0.4) is 0 Å². The minimum atomic E-state index is 0.101. The summed E-state index contributed by atoms with van der Waals surface area (Å²) in [6.07, 6.45) is 4.21. The number of urea groups is 1. The van der Waals surface area contributed by atoms with Gasteiger partial charge >= 0.3 is 6.03 Å². The van der Waals surface area contributed by atoms with Crippen molar-refractivity contribution in [1.82, 2.24) is 10.2 Å². The Morgan fingerprint density at radius 3 is 2.33 bits per heavy atom. The van der Waals surface area contributed by atoms with Crippen molar-refractivity contribution < 1.29 is 4.79 Å². The zero-order chi connectivity index (χ0) is 11.0. The number of carbonyl (C=O) groups is 1. The Balaban J connectivity index is 2.01. The summed E-state index contributed by atoms with van der Waals surface area (Å²) in [6, 6.07) is 1.39. The SMILES string of the molecule is CC(C)NC(=O)N1C2CCC1CC(N)C2. The van der Waals surface area contributed by atoms with E-state index < -0.39 is 0 Å². The summed E-state index contributed by atoms with van der Waals surface area (Å²) in [5, 5.41) is 2.97. The van der Waals surface area contributed by atoms with E-state index >= 15 is 0 Å². The molecule has 0 aromatic heterocycles. The van der Waals surface area contributed by atoms with Crippen LogP contribution in [-0.4, -0.2) is 35.1 Å². The van der Waals surface area contributed by atoms with Crippen molar-refractivity contribution in [2.75, 3.05) is 0 Å². The molecular formula is C11H21N3O. The van der Waals surface area contributed by atoms with E-state index in [4.69, 9.17) is 5.73 Å². The highest BCUT2D eigenvalue weighted by atomic mass is 16.2. The van der Waals surface area contributed by atoms with E-state index in [0.717, 1.165) is 25.7 Å². The molecule has 2 atom stereocenters. The Morgan fingerprint density at radius 1 is 1.33 bits per heavy atom. The molecule has 0 radical (unpaired) electrons. The van der Waals surface area contributed by atoms with E-state index in [0.29, 0.717) is 18.1 Å². The molecule has 0 saturated carbocycles. The molecule has 3 N–H and O–H groups in total. The Labute approximate surface area is 91.2 Å². The fourth-order valence-corrected chi connectivity index (χ4v) is 2.87. The summed E-state index contributed by atoms with van der Waals surface area (Å²) in [4.78, 5) is 14.0. The van der Waals surface area contributed by atoms with Gasteiger partial charge in [-0.1, -0.05) is 0 Å². The fourth-order valence-electron chi connectivity index (χ4n) is 2.87. The predicted molar refractivity (Wildman–Crippen MR) is 59.5 cm³/mol. The average Bonchev–Trinajstić information content (AvgIpc) is 2.38. The summed E-state index contributed by atoms with van der Waals surface area (Å²) < 4.78 is 0. The molecule has 2 amide bonds. The van der Waals surface area contributed by atoms with Crippen molar-refractivity contribution in [2.24, 2.45) is 5.73 Å². The van der Waals surface area contributed by atoms with Gasteiger partial charge in [0.25, 0.3) is 0 Å². The third-order valence-corrected chi connectivity index (χ3v) is 3.42. The van der Waals surface area contributed by atoms with E-state index in [-0.39, 0.29) is 12.1 Å². The van der Waals surface area contributed by atoms with Gasteiger partial charge in [0.15, 0.2) is 0 Å². The topological polar surface area (TPSA) is 58.4 Å².